The molecule has 1 N–H and O–H groups in total. The molecule has 0 aliphatic carbocycles. The van der Waals surface area contributed by atoms with Crippen molar-refractivity contribution in [3.05, 3.63) is 29.8 Å². The van der Waals surface area contributed by atoms with Gasteiger partial charge in [-0.25, -0.2) is 4.78 Å². The van der Waals surface area contributed by atoms with Crippen molar-refractivity contribution in [1.29, 1.82) is 0 Å². The predicted molar refractivity (Wildman–Crippen MR) is 70.6 cm³/mol. The Kier molecular flexibility index (Phi) is 5.46. The van der Waals surface area contributed by atoms with Crippen LogP contribution in [-0.4, -0.2) is 23.1 Å². The van der Waals surface area contributed by atoms with Gasteiger partial charge in [-0.15, -0.1) is 0 Å². The van der Waals surface area contributed by atoms with Crippen LogP contribution >= 0.6 is 7.07 Å². The highest BCUT2D eigenvalue weighted by Gasteiger charge is 2.01. The lowest BCUT2D eigenvalue weighted by molar-refractivity contribution is 0.282. The smallest absolute Gasteiger partial charge is 0.207 e. The predicted octanol–water partition coefficient (Wildman–Crippen LogP) is 2.00. The van der Waals surface area contributed by atoms with Crippen LogP contribution < -0.4 is 4.52 Å². The van der Waals surface area contributed by atoms with Crippen molar-refractivity contribution in [3.63, 3.8) is 0 Å². The van der Waals surface area contributed by atoms with E-state index in [4.69, 9.17) is 21.4 Å². The molecule has 0 saturated heterocycles. The number of aliphatic hydroxyl groups is 1. The van der Waals surface area contributed by atoms with Gasteiger partial charge in [-0.1, -0.05) is 12.1 Å². The second-order valence-electron chi connectivity index (χ2n) is 3.07. The molecular weight excluding hydrogens is 243 g/mol. The van der Waals surface area contributed by atoms with Crippen LogP contribution in [0.4, 0.5) is 0 Å². The summed E-state index contributed by atoms with van der Waals surface area (Å²) < 4.78 is 7.23. The number of hydrazone groups is 1. The first-order valence-electron chi connectivity index (χ1n) is 4.81. The van der Waals surface area contributed by atoms with Crippen LogP contribution in [0.2, 0.25) is 0 Å². The van der Waals surface area contributed by atoms with Gasteiger partial charge in [-0.3, -0.25) is 0 Å². The molecule has 16 heavy (non-hydrogen) atoms. The van der Waals surface area contributed by atoms with Gasteiger partial charge in [0.1, 0.15) is 5.75 Å². The number of aliphatic hydroxyl groups excluding tert-OH is 1. The van der Waals surface area contributed by atoms with Crippen LogP contribution in [0.3, 0.4) is 0 Å². The van der Waals surface area contributed by atoms with Crippen molar-refractivity contribution in [1.82, 2.24) is 4.78 Å². The molecule has 1 aromatic rings. The standard InChI is InChI=1S/C10H15N2O2PS/c1-3-11-12(2)15(16)14-10-6-4-9(8-13)5-7-10/h3-7,13,15H,8H2,1-2H3/b11-3+. The third-order valence-corrected chi connectivity index (χ3v) is 3.96. The van der Waals surface area contributed by atoms with Crippen molar-refractivity contribution >= 4 is 25.1 Å². The van der Waals surface area contributed by atoms with Crippen LogP contribution in [-0.2, 0) is 18.4 Å². The highest BCUT2D eigenvalue weighted by atomic mass is 32.4. The van der Waals surface area contributed by atoms with Crippen LogP contribution in [0.25, 0.3) is 0 Å². The Bertz CT molecular complexity index is 381. The van der Waals surface area contributed by atoms with Gasteiger partial charge in [0.05, 0.1) is 6.61 Å². The molecule has 1 atom stereocenters. The van der Waals surface area contributed by atoms with Gasteiger partial charge in [-0.2, -0.15) is 5.10 Å². The van der Waals surface area contributed by atoms with Crippen LogP contribution in [0.5, 0.6) is 5.75 Å². The second kappa shape index (κ2) is 6.63. The summed E-state index contributed by atoms with van der Waals surface area (Å²) in [6.07, 6.45) is 1.68. The first kappa shape index (κ1) is 13.2. The SMILES string of the molecule is C/C=N/N(C)[PH](=S)Oc1ccc(CO)cc1. The van der Waals surface area contributed by atoms with Crippen molar-refractivity contribution in [2.75, 3.05) is 7.05 Å². The molecule has 88 valence electrons. The number of nitrogens with zero attached hydrogens (tertiary/aromatic N) is 2. The Morgan fingerprint density at radius 2 is 2.12 bits per heavy atom. The molecule has 0 aromatic heterocycles. The molecule has 0 radical (unpaired) electrons. The lowest BCUT2D eigenvalue weighted by Gasteiger charge is -2.16. The van der Waals surface area contributed by atoms with Gasteiger partial charge in [-0.05, 0) is 36.4 Å². The van der Waals surface area contributed by atoms with E-state index in [1.807, 2.05) is 19.1 Å². The fraction of sp³-hybridized carbons (Fsp3) is 0.300. The van der Waals surface area contributed by atoms with Crippen molar-refractivity contribution < 1.29 is 9.63 Å². The Balaban J connectivity index is 2.62. The molecule has 1 unspecified atom stereocenters. The average molecular weight is 258 g/mol. The topological polar surface area (TPSA) is 45.1 Å². The molecule has 0 fully saturated rings. The molecule has 0 heterocycles. The molecular formula is C10H15N2O2PS. The normalized spacial score (nSPS) is 12.7. The Labute approximate surface area is 101 Å². The molecule has 1 rings (SSSR count). The molecule has 4 nitrogen and oxygen atoms in total. The lowest BCUT2D eigenvalue weighted by atomic mass is 10.2. The maximum Gasteiger partial charge on any atom is 0.207 e. The van der Waals surface area contributed by atoms with E-state index in [2.05, 4.69) is 5.10 Å². The Hall–Kier alpha value is -0.900. The van der Waals surface area contributed by atoms with Gasteiger partial charge >= 0.3 is 0 Å². The maximum absolute atomic E-state index is 8.89. The summed E-state index contributed by atoms with van der Waals surface area (Å²) in [5.41, 5.74) is 0.852. The van der Waals surface area contributed by atoms with Crippen LogP contribution in [0.15, 0.2) is 29.4 Å². The zero-order valence-corrected chi connectivity index (χ0v) is 11.1. The summed E-state index contributed by atoms with van der Waals surface area (Å²) in [6, 6.07) is 7.21. The van der Waals surface area contributed by atoms with E-state index in [-0.39, 0.29) is 6.61 Å². The molecule has 0 amide bonds. The van der Waals surface area contributed by atoms with Crippen LogP contribution in [0.1, 0.15) is 12.5 Å². The summed E-state index contributed by atoms with van der Waals surface area (Å²) in [4.78, 5) is 0. The van der Waals surface area contributed by atoms with Gasteiger partial charge in [0.25, 0.3) is 0 Å². The summed E-state index contributed by atoms with van der Waals surface area (Å²) in [5, 5.41) is 12.9. The van der Waals surface area contributed by atoms with E-state index < -0.39 is 7.07 Å². The van der Waals surface area contributed by atoms with Crippen molar-refractivity contribution in [2.24, 2.45) is 5.10 Å². The molecule has 0 spiro atoms. The van der Waals surface area contributed by atoms with E-state index in [9.17, 15) is 0 Å². The monoisotopic (exact) mass is 258 g/mol. The van der Waals surface area contributed by atoms with Gasteiger partial charge in [0, 0.05) is 13.3 Å². The minimum Gasteiger partial charge on any atom is -0.450 e. The molecule has 0 saturated carbocycles. The minimum absolute atomic E-state index is 0.0337. The van der Waals surface area contributed by atoms with E-state index in [1.54, 1.807) is 30.2 Å². The number of hydrogen-bond donors (Lipinski definition) is 1. The summed E-state index contributed by atoms with van der Waals surface area (Å²) in [5.74, 6) is 0.708. The fourth-order valence-electron chi connectivity index (χ4n) is 1.05. The van der Waals surface area contributed by atoms with Gasteiger partial charge in [0.15, 0.2) is 0 Å². The first-order valence-corrected chi connectivity index (χ1v) is 7.30. The number of hydrogen-bond acceptors (Lipinski definition) is 4. The molecule has 0 aliphatic heterocycles. The molecule has 0 aliphatic rings. The third kappa shape index (κ3) is 3.93. The summed E-state index contributed by atoms with van der Waals surface area (Å²) >= 11 is 5.21. The maximum atomic E-state index is 8.89. The molecule has 0 bridgehead atoms. The zero-order valence-electron chi connectivity index (χ0n) is 9.25. The van der Waals surface area contributed by atoms with E-state index in [0.29, 0.717) is 5.75 Å². The van der Waals surface area contributed by atoms with Gasteiger partial charge in [0.2, 0.25) is 7.07 Å². The van der Waals surface area contributed by atoms with E-state index >= 15 is 0 Å². The average Bonchev–Trinajstić information content (AvgIpc) is 2.30. The highest BCUT2D eigenvalue weighted by Crippen LogP contribution is 2.30. The third-order valence-electron chi connectivity index (χ3n) is 1.86. The largest absolute Gasteiger partial charge is 0.450 e. The lowest BCUT2D eigenvalue weighted by Crippen LogP contribution is -2.02. The first-order chi connectivity index (χ1) is 7.67. The molecule has 6 heteroatoms. The second-order valence-corrected chi connectivity index (χ2v) is 5.50. The van der Waals surface area contributed by atoms with E-state index in [0.717, 1.165) is 5.56 Å². The minimum atomic E-state index is -1.55. The number of benzene rings is 1. The van der Waals surface area contributed by atoms with Crippen LogP contribution in [0, 0.1) is 0 Å². The molecule has 1 aromatic carbocycles. The Morgan fingerprint density at radius 1 is 1.50 bits per heavy atom. The van der Waals surface area contributed by atoms with Crippen molar-refractivity contribution in [3.8, 4) is 5.75 Å². The quantitative estimate of drug-likeness (QED) is 0.498. The van der Waals surface area contributed by atoms with Crippen molar-refractivity contribution in [2.45, 2.75) is 13.5 Å². The van der Waals surface area contributed by atoms with Gasteiger partial charge < -0.3 is 9.63 Å². The van der Waals surface area contributed by atoms with E-state index in [1.165, 1.54) is 0 Å². The fourth-order valence-corrected chi connectivity index (χ4v) is 2.16. The summed E-state index contributed by atoms with van der Waals surface area (Å²) in [7, 11) is 0.250. The summed E-state index contributed by atoms with van der Waals surface area (Å²) in [6.45, 7) is 1.86. The number of rotatable bonds is 5. The Morgan fingerprint density at radius 3 is 2.62 bits per heavy atom. The highest BCUT2D eigenvalue weighted by molar-refractivity contribution is 8.02. The zero-order chi connectivity index (χ0) is 12.0.